The van der Waals surface area contributed by atoms with Crippen molar-refractivity contribution in [2.75, 3.05) is 0 Å². The van der Waals surface area contributed by atoms with Crippen molar-refractivity contribution in [3.05, 3.63) is 110 Å². The minimum absolute atomic E-state index is 0.0254. The first-order valence-electron chi connectivity index (χ1n) is 10.0. The molecule has 0 unspecified atom stereocenters. The van der Waals surface area contributed by atoms with Crippen molar-refractivity contribution in [2.24, 2.45) is 0 Å². The second-order valence-electron chi connectivity index (χ2n) is 7.09. The van der Waals surface area contributed by atoms with Gasteiger partial charge in [-0.2, -0.15) is 0 Å². The summed E-state index contributed by atoms with van der Waals surface area (Å²) in [5.41, 5.74) is 2.01. The summed E-state index contributed by atoms with van der Waals surface area (Å²) in [5, 5.41) is 23.7. The smallest absolute Gasteiger partial charge is 0.269 e. The maximum absolute atomic E-state index is 12.7. The van der Waals surface area contributed by atoms with Crippen LogP contribution >= 0.6 is 35.0 Å². The highest BCUT2D eigenvalue weighted by atomic mass is 35.5. The van der Waals surface area contributed by atoms with Crippen molar-refractivity contribution >= 4 is 46.6 Å². The molecule has 1 heterocycles. The molecule has 0 fully saturated rings. The van der Waals surface area contributed by atoms with Gasteiger partial charge in [0.15, 0.2) is 11.0 Å². The van der Waals surface area contributed by atoms with Crippen LogP contribution in [0.25, 0.3) is 5.69 Å². The molecule has 1 N–H and O–H groups in total. The Balaban J connectivity index is 1.60. The molecule has 11 heteroatoms. The molecular weight excluding hydrogens is 497 g/mol. The van der Waals surface area contributed by atoms with Crippen molar-refractivity contribution in [2.45, 2.75) is 17.5 Å². The molecule has 3 aromatic carbocycles. The molecule has 0 saturated carbocycles. The van der Waals surface area contributed by atoms with E-state index in [-0.39, 0.29) is 22.8 Å². The number of amides is 1. The number of nitrogens with zero attached hydrogens (tertiary/aromatic N) is 4. The molecule has 1 aromatic heterocycles. The van der Waals surface area contributed by atoms with Crippen LogP contribution in [0.2, 0.25) is 10.0 Å². The van der Waals surface area contributed by atoms with E-state index in [1.807, 2.05) is 30.3 Å². The Hall–Kier alpha value is -3.40. The maximum Gasteiger partial charge on any atom is 0.269 e. The fraction of sp³-hybridized carbons (Fsp3) is 0.0870. The predicted octanol–water partition coefficient (Wildman–Crippen LogP) is 5.70. The third-order valence-electron chi connectivity index (χ3n) is 4.81. The van der Waals surface area contributed by atoms with Crippen LogP contribution in [0, 0.1) is 10.1 Å². The molecule has 0 radical (unpaired) electrons. The van der Waals surface area contributed by atoms with Gasteiger partial charge in [0.1, 0.15) is 0 Å². The first-order valence-corrected chi connectivity index (χ1v) is 11.8. The lowest BCUT2D eigenvalue weighted by atomic mass is 10.2. The number of carbonyl (C=O) groups is 1. The minimum Gasteiger partial charge on any atom is -0.345 e. The zero-order chi connectivity index (χ0) is 24.1. The fourth-order valence-electron chi connectivity index (χ4n) is 3.14. The number of hydrogen-bond donors (Lipinski definition) is 1. The highest BCUT2D eigenvalue weighted by molar-refractivity contribution is 7.98. The number of nitrogens with one attached hydrogen (secondary N) is 1. The number of aromatic nitrogens is 3. The van der Waals surface area contributed by atoms with Gasteiger partial charge in [-0.3, -0.25) is 19.5 Å². The molecule has 0 aliphatic rings. The van der Waals surface area contributed by atoms with Crippen LogP contribution in [-0.2, 0) is 12.3 Å². The van der Waals surface area contributed by atoms with E-state index in [9.17, 15) is 14.9 Å². The van der Waals surface area contributed by atoms with Crippen molar-refractivity contribution in [1.82, 2.24) is 20.1 Å². The molecule has 0 saturated heterocycles. The summed E-state index contributed by atoms with van der Waals surface area (Å²) in [4.78, 5) is 23.3. The van der Waals surface area contributed by atoms with Gasteiger partial charge in [-0.05, 0) is 35.9 Å². The van der Waals surface area contributed by atoms with Gasteiger partial charge in [-0.25, -0.2) is 0 Å². The van der Waals surface area contributed by atoms with E-state index < -0.39 is 10.8 Å². The van der Waals surface area contributed by atoms with Gasteiger partial charge < -0.3 is 5.32 Å². The van der Waals surface area contributed by atoms with E-state index in [1.165, 1.54) is 30.0 Å². The normalized spacial score (nSPS) is 10.8. The molecule has 0 aliphatic heterocycles. The van der Waals surface area contributed by atoms with Gasteiger partial charge in [-0.1, -0.05) is 65.3 Å². The Bertz CT molecular complexity index is 1330. The number of hydrogen-bond acceptors (Lipinski definition) is 6. The minimum atomic E-state index is -0.460. The van der Waals surface area contributed by atoms with Crippen molar-refractivity contribution in [3.8, 4) is 5.69 Å². The van der Waals surface area contributed by atoms with Crippen molar-refractivity contribution < 1.29 is 9.72 Å². The van der Waals surface area contributed by atoms with E-state index in [0.29, 0.717) is 27.4 Å². The third-order valence-corrected chi connectivity index (χ3v) is 6.36. The summed E-state index contributed by atoms with van der Waals surface area (Å²) < 4.78 is 1.76. The second-order valence-corrected chi connectivity index (χ2v) is 8.87. The number of nitro groups is 1. The Morgan fingerprint density at radius 2 is 1.76 bits per heavy atom. The summed E-state index contributed by atoms with van der Waals surface area (Å²) in [6, 6.07) is 20.6. The van der Waals surface area contributed by atoms with Crippen LogP contribution in [0.1, 0.15) is 21.7 Å². The van der Waals surface area contributed by atoms with Crippen LogP contribution in [0.15, 0.2) is 78.0 Å². The fourth-order valence-corrected chi connectivity index (χ4v) is 4.56. The summed E-state index contributed by atoms with van der Waals surface area (Å²) in [7, 11) is 0. The van der Waals surface area contributed by atoms with Crippen LogP contribution in [-0.4, -0.2) is 25.6 Å². The number of halogens is 2. The lowest BCUT2D eigenvalue weighted by Crippen LogP contribution is -2.25. The van der Waals surface area contributed by atoms with Crippen LogP contribution in [0.3, 0.4) is 0 Å². The molecule has 172 valence electrons. The third kappa shape index (κ3) is 5.56. The van der Waals surface area contributed by atoms with E-state index in [2.05, 4.69) is 15.5 Å². The molecule has 4 aromatic rings. The van der Waals surface area contributed by atoms with E-state index >= 15 is 0 Å². The van der Waals surface area contributed by atoms with Gasteiger partial charge in [0.25, 0.3) is 11.6 Å². The maximum atomic E-state index is 12.7. The highest BCUT2D eigenvalue weighted by Crippen LogP contribution is 2.27. The number of benzene rings is 3. The van der Waals surface area contributed by atoms with Crippen LogP contribution < -0.4 is 5.32 Å². The van der Waals surface area contributed by atoms with Gasteiger partial charge in [0, 0.05) is 28.6 Å². The molecule has 0 atom stereocenters. The summed E-state index contributed by atoms with van der Waals surface area (Å²) in [5.74, 6) is 0.722. The van der Waals surface area contributed by atoms with E-state index in [1.54, 1.807) is 28.8 Å². The summed E-state index contributed by atoms with van der Waals surface area (Å²) >= 11 is 13.5. The Morgan fingerprint density at radius 1 is 1.03 bits per heavy atom. The lowest BCUT2D eigenvalue weighted by Gasteiger charge is -2.11. The zero-order valence-corrected chi connectivity index (χ0v) is 19.8. The van der Waals surface area contributed by atoms with E-state index in [0.717, 1.165) is 5.56 Å². The first kappa shape index (κ1) is 23.7. The van der Waals surface area contributed by atoms with Crippen molar-refractivity contribution in [1.29, 1.82) is 0 Å². The summed E-state index contributed by atoms with van der Waals surface area (Å²) in [6.45, 7) is 0.0632. The average molecular weight is 514 g/mol. The van der Waals surface area contributed by atoms with Crippen LogP contribution in [0.4, 0.5) is 5.69 Å². The quantitative estimate of drug-likeness (QED) is 0.184. The molecule has 0 aliphatic carbocycles. The average Bonchev–Trinajstić information content (AvgIpc) is 3.24. The molecule has 4 rings (SSSR count). The second kappa shape index (κ2) is 10.7. The van der Waals surface area contributed by atoms with Crippen molar-refractivity contribution in [3.63, 3.8) is 0 Å². The first-order chi connectivity index (χ1) is 16.4. The number of thioether (sulfide) groups is 1. The molecule has 0 bridgehead atoms. The molecule has 1 amide bonds. The lowest BCUT2D eigenvalue weighted by molar-refractivity contribution is -0.384. The monoisotopic (exact) mass is 513 g/mol. The number of carbonyl (C=O) groups excluding carboxylic acids is 1. The Morgan fingerprint density at radius 3 is 2.44 bits per heavy atom. The van der Waals surface area contributed by atoms with Gasteiger partial charge in [0.05, 0.1) is 22.1 Å². The van der Waals surface area contributed by atoms with Gasteiger partial charge in [0.2, 0.25) is 0 Å². The Labute approximate surface area is 209 Å². The topological polar surface area (TPSA) is 103 Å². The number of non-ortho nitro benzene ring substituents is 1. The molecule has 8 nitrogen and oxygen atoms in total. The van der Waals surface area contributed by atoms with E-state index in [4.69, 9.17) is 23.2 Å². The van der Waals surface area contributed by atoms with Gasteiger partial charge in [-0.15, -0.1) is 10.2 Å². The predicted molar refractivity (Wildman–Crippen MR) is 132 cm³/mol. The molecule has 34 heavy (non-hydrogen) atoms. The standard InChI is InChI=1S/C23H17Cl2N5O3S/c24-16-6-11-19(20(25)12-16)22(31)26-13-21-27-28-23(34-14-15-4-2-1-3-5-15)29(21)17-7-9-18(10-8-17)30(32)33/h1-12H,13-14H2,(H,26,31). The molecule has 0 spiro atoms. The Kier molecular flexibility index (Phi) is 7.46. The largest absolute Gasteiger partial charge is 0.345 e. The van der Waals surface area contributed by atoms with Crippen LogP contribution in [0.5, 0.6) is 0 Å². The molecular formula is C23H17Cl2N5O3S. The highest BCUT2D eigenvalue weighted by Gasteiger charge is 2.18. The summed E-state index contributed by atoms with van der Waals surface area (Å²) in [6.07, 6.45) is 0. The SMILES string of the molecule is O=C(NCc1nnc(SCc2ccccc2)n1-c1ccc([N+](=O)[O-])cc1)c1ccc(Cl)cc1Cl. The number of nitro benzene ring substituents is 1. The number of rotatable bonds is 8. The zero-order valence-electron chi connectivity index (χ0n) is 17.5. The van der Waals surface area contributed by atoms with Gasteiger partial charge >= 0.3 is 0 Å².